The molecule has 0 saturated heterocycles. The minimum atomic E-state index is -0.121. The van der Waals surface area contributed by atoms with E-state index in [1.165, 1.54) is 76.2 Å². The molecule has 5 heteroatoms. The molecule has 1 atom stereocenters. The van der Waals surface area contributed by atoms with Gasteiger partial charge in [-0.2, -0.15) is 5.10 Å². The number of nitrogens with zero attached hydrogens (tertiary/aromatic N) is 2. The van der Waals surface area contributed by atoms with Crippen LogP contribution in [-0.4, -0.2) is 11.3 Å². The van der Waals surface area contributed by atoms with Gasteiger partial charge in [0.2, 0.25) is 0 Å². The quantitative estimate of drug-likeness (QED) is 0.195. The second-order valence-corrected chi connectivity index (χ2v) is 9.44. The van der Waals surface area contributed by atoms with E-state index in [0.29, 0.717) is 6.61 Å². The highest BCUT2D eigenvalue weighted by Gasteiger charge is 2.25. The van der Waals surface area contributed by atoms with Crippen molar-refractivity contribution >= 4 is 24.2 Å². The number of amidine groups is 1. The molecule has 2 aromatic rings. The summed E-state index contributed by atoms with van der Waals surface area (Å²) in [6, 6.07) is 18.5. The van der Waals surface area contributed by atoms with E-state index in [0.717, 1.165) is 23.7 Å². The number of nitrogens with one attached hydrogen (secondary N) is 1. The number of thiol groups is 1. The molecule has 33 heavy (non-hydrogen) atoms. The Morgan fingerprint density at radius 3 is 2.06 bits per heavy atom. The van der Waals surface area contributed by atoms with Gasteiger partial charge in [0.1, 0.15) is 18.2 Å². The number of hydrazone groups is 1. The number of anilines is 1. The van der Waals surface area contributed by atoms with Crippen LogP contribution in [0.2, 0.25) is 0 Å². The Morgan fingerprint density at radius 2 is 1.42 bits per heavy atom. The zero-order chi connectivity index (χ0) is 23.1. The molecule has 1 aliphatic rings. The van der Waals surface area contributed by atoms with Crippen LogP contribution in [0.1, 0.15) is 89.5 Å². The Hall–Kier alpha value is -2.14. The van der Waals surface area contributed by atoms with Crippen LogP contribution < -0.4 is 15.1 Å². The third kappa shape index (κ3) is 8.96. The van der Waals surface area contributed by atoms with Gasteiger partial charge in [0.05, 0.1) is 0 Å². The molecule has 0 radical (unpaired) electrons. The molecule has 0 aliphatic carbocycles. The van der Waals surface area contributed by atoms with Crippen molar-refractivity contribution in [2.24, 2.45) is 5.10 Å². The van der Waals surface area contributed by atoms with E-state index in [1.807, 2.05) is 30.3 Å². The van der Waals surface area contributed by atoms with Crippen molar-refractivity contribution in [1.29, 1.82) is 0 Å². The lowest BCUT2D eigenvalue weighted by Crippen LogP contribution is -2.36. The highest BCUT2D eigenvalue weighted by Crippen LogP contribution is 2.26. The molecule has 0 saturated carbocycles. The maximum absolute atomic E-state index is 5.92. The van der Waals surface area contributed by atoms with Crippen LogP contribution >= 0.6 is 12.6 Å². The molecular weight excluding hydrogens is 426 g/mol. The van der Waals surface area contributed by atoms with Gasteiger partial charge in [-0.05, 0) is 36.2 Å². The number of ether oxygens (including phenoxy) is 1. The zero-order valence-electron chi connectivity index (χ0n) is 20.2. The summed E-state index contributed by atoms with van der Waals surface area (Å²) in [5.41, 5.74) is 5.25. The minimum Gasteiger partial charge on any atom is -0.489 e. The molecular formula is C28H41N3OS. The maximum atomic E-state index is 5.92. The SMILES string of the molecule is CCCCCCCCCCCCCC1=NNC(S)N1c1ccc(OCc2ccccc2)cc1. The molecule has 0 amide bonds. The van der Waals surface area contributed by atoms with E-state index in [2.05, 4.69) is 59.2 Å². The van der Waals surface area contributed by atoms with Crippen LogP contribution in [-0.2, 0) is 6.61 Å². The molecule has 0 bridgehead atoms. The van der Waals surface area contributed by atoms with Crippen molar-refractivity contribution in [2.45, 2.75) is 96.1 Å². The van der Waals surface area contributed by atoms with E-state index in [-0.39, 0.29) is 5.50 Å². The van der Waals surface area contributed by atoms with Gasteiger partial charge in [0, 0.05) is 12.1 Å². The molecule has 3 rings (SSSR count). The van der Waals surface area contributed by atoms with Crippen molar-refractivity contribution in [3.63, 3.8) is 0 Å². The Morgan fingerprint density at radius 1 is 0.818 bits per heavy atom. The minimum absolute atomic E-state index is 0.121. The number of unbranched alkanes of at least 4 members (excludes halogenated alkanes) is 10. The Labute approximate surface area is 206 Å². The third-order valence-corrected chi connectivity index (χ3v) is 6.55. The van der Waals surface area contributed by atoms with Gasteiger partial charge in [0.25, 0.3) is 0 Å². The molecule has 0 spiro atoms. The summed E-state index contributed by atoms with van der Waals surface area (Å²) in [4.78, 5) is 2.18. The Balaban J connectivity index is 1.35. The Kier molecular flexibility index (Phi) is 11.5. The second kappa shape index (κ2) is 14.9. The average molecular weight is 468 g/mol. The summed E-state index contributed by atoms with van der Waals surface area (Å²) in [6.07, 6.45) is 15.9. The molecule has 1 N–H and O–H groups in total. The van der Waals surface area contributed by atoms with E-state index in [1.54, 1.807) is 0 Å². The molecule has 0 fully saturated rings. The maximum Gasteiger partial charge on any atom is 0.165 e. The van der Waals surface area contributed by atoms with Gasteiger partial charge in [-0.1, -0.05) is 101 Å². The van der Waals surface area contributed by atoms with Gasteiger partial charge in [-0.15, -0.1) is 12.6 Å². The van der Waals surface area contributed by atoms with Crippen LogP contribution in [0, 0.1) is 0 Å². The topological polar surface area (TPSA) is 36.9 Å². The largest absolute Gasteiger partial charge is 0.489 e. The molecule has 2 aromatic carbocycles. The fraction of sp³-hybridized carbons (Fsp3) is 0.536. The summed E-state index contributed by atoms with van der Waals surface area (Å²) in [5.74, 6) is 1.94. The summed E-state index contributed by atoms with van der Waals surface area (Å²) >= 11 is 4.67. The molecule has 1 unspecified atom stereocenters. The fourth-order valence-electron chi connectivity index (χ4n) is 4.24. The van der Waals surface area contributed by atoms with Gasteiger partial charge in [-0.25, -0.2) is 0 Å². The van der Waals surface area contributed by atoms with Crippen molar-refractivity contribution in [3.05, 3.63) is 60.2 Å². The van der Waals surface area contributed by atoms with Crippen LogP contribution in [0.3, 0.4) is 0 Å². The van der Waals surface area contributed by atoms with Crippen LogP contribution in [0.5, 0.6) is 5.75 Å². The highest BCUT2D eigenvalue weighted by molar-refractivity contribution is 7.81. The van der Waals surface area contributed by atoms with Crippen LogP contribution in [0.4, 0.5) is 5.69 Å². The lowest BCUT2D eigenvalue weighted by molar-refractivity contribution is 0.306. The van der Waals surface area contributed by atoms with Crippen molar-refractivity contribution < 1.29 is 4.74 Å². The van der Waals surface area contributed by atoms with Crippen molar-refractivity contribution in [2.75, 3.05) is 4.90 Å². The number of benzene rings is 2. The summed E-state index contributed by atoms with van der Waals surface area (Å²) < 4.78 is 5.92. The molecule has 4 nitrogen and oxygen atoms in total. The summed E-state index contributed by atoms with van der Waals surface area (Å²) in [5, 5.41) is 4.54. The number of hydrogen-bond acceptors (Lipinski definition) is 5. The molecule has 180 valence electrons. The van der Waals surface area contributed by atoms with E-state index < -0.39 is 0 Å². The monoisotopic (exact) mass is 467 g/mol. The summed E-state index contributed by atoms with van der Waals surface area (Å²) in [6.45, 7) is 2.86. The van der Waals surface area contributed by atoms with E-state index in [4.69, 9.17) is 4.74 Å². The first-order valence-corrected chi connectivity index (χ1v) is 13.4. The average Bonchev–Trinajstić information content (AvgIpc) is 3.22. The zero-order valence-corrected chi connectivity index (χ0v) is 21.1. The van der Waals surface area contributed by atoms with Gasteiger partial charge >= 0.3 is 0 Å². The molecule has 0 aromatic heterocycles. The highest BCUT2D eigenvalue weighted by atomic mass is 32.1. The second-order valence-electron chi connectivity index (χ2n) is 8.95. The van der Waals surface area contributed by atoms with Gasteiger partial charge < -0.3 is 4.74 Å². The normalized spacial score (nSPS) is 15.4. The van der Waals surface area contributed by atoms with Crippen molar-refractivity contribution in [1.82, 2.24) is 5.43 Å². The van der Waals surface area contributed by atoms with Gasteiger partial charge in [-0.3, -0.25) is 10.3 Å². The van der Waals surface area contributed by atoms with E-state index in [9.17, 15) is 0 Å². The predicted molar refractivity (Wildman–Crippen MR) is 144 cm³/mol. The predicted octanol–water partition coefficient (Wildman–Crippen LogP) is 7.90. The summed E-state index contributed by atoms with van der Waals surface area (Å²) in [7, 11) is 0. The third-order valence-electron chi connectivity index (χ3n) is 6.20. The van der Waals surface area contributed by atoms with Crippen LogP contribution in [0.25, 0.3) is 0 Å². The van der Waals surface area contributed by atoms with Gasteiger partial charge in [0.15, 0.2) is 5.50 Å². The first-order valence-electron chi connectivity index (χ1n) is 12.8. The Bertz CT molecular complexity index is 810. The van der Waals surface area contributed by atoms with E-state index >= 15 is 0 Å². The first-order chi connectivity index (χ1) is 16.3. The van der Waals surface area contributed by atoms with Crippen molar-refractivity contribution in [3.8, 4) is 5.75 Å². The molecule has 1 heterocycles. The lowest BCUT2D eigenvalue weighted by atomic mass is 10.0. The number of rotatable bonds is 16. The fourth-order valence-corrected chi connectivity index (χ4v) is 4.57. The lowest BCUT2D eigenvalue weighted by Gasteiger charge is -2.24. The standard InChI is InChI=1S/C28H41N3OS/c1-2-3-4-5-6-7-8-9-10-11-15-18-27-29-30-28(33)31(27)25-19-21-26(22-20-25)32-23-24-16-13-12-14-17-24/h12-14,16-17,19-22,28,30,33H,2-11,15,18,23H2,1H3. The molecule has 1 aliphatic heterocycles. The van der Waals surface area contributed by atoms with Crippen LogP contribution in [0.15, 0.2) is 59.7 Å². The first kappa shape index (κ1) is 25.5. The smallest absolute Gasteiger partial charge is 0.165 e. The number of hydrogen-bond donors (Lipinski definition) is 2.